The largest absolute Gasteiger partial charge is 0.480 e. The molecule has 0 aromatic carbocycles. The van der Waals surface area contributed by atoms with Crippen LogP contribution in [0, 0.1) is 0 Å². The van der Waals surface area contributed by atoms with Crippen LogP contribution in [-0.4, -0.2) is 41.4 Å². The molecule has 0 aromatic rings. The molecule has 0 spiro atoms. The van der Waals surface area contributed by atoms with Gasteiger partial charge in [-0.2, -0.15) is 0 Å². The molecule has 1 aliphatic heterocycles. The monoisotopic (exact) mass is 270 g/mol. The zero-order valence-electron chi connectivity index (χ0n) is 11.3. The van der Waals surface area contributed by atoms with Crippen LogP contribution in [0.5, 0.6) is 0 Å². The molecule has 1 atom stereocenters. The third kappa shape index (κ3) is 3.18. The summed E-state index contributed by atoms with van der Waals surface area (Å²) in [6.45, 7) is 3.09. The first-order valence-corrected chi connectivity index (χ1v) is 6.89. The van der Waals surface area contributed by atoms with Gasteiger partial charge < -0.3 is 20.5 Å². The van der Waals surface area contributed by atoms with E-state index in [2.05, 4.69) is 10.6 Å². The van der Waals surface area contributed by atoms with Gasteiger partial charge >= 0.3 is 12.0 Å². The molecule has 1 saturated heterocycles. The van der Waals surface area contributed by atoms with Crippen molar-refractivity contribution < 1.29 is 19.4 Å². The summed E-state index contributed by atoms with van der Waals surface area (Å²) in [4.78, 5) is 23.2. The minimum atomic E-state index is -1.08. The van der Waals surface area contributed by atoms with Gasteiger partial charge in [0.1, 0.15) is 5.54 Å². The molecule has 0 bridgehead atoms. The SMILES string of the molecule is CC1(CNC(=O)NC2(C(=O)O)CCCC2)CCCO1. The van der Waals surface area contributed by atoms with E-state index in [1.807, 2.05) is 6.92 Å². The van der Waals surface area contributed by atoms with Gasteiger partial charge in [-0.15, -0.1) is 0 Å². The number of carboxylic acids is 1. The molecule has 6 heteroatoms. The van der Waals surface area contributed by atoms with Crippen LogP contribution in [0.4, 0.5) is 4.79 Å². The Hall–Kier alpha value is -1.30. The van der Waals surface area contributed by atoms with E-state index in [4.69, 9.17) is 4.74 Å². The highest BCUT2D eigenvalue weighted by molar-refractivity contribution is 5.86. The van der Waals surface area contributed by atoms with Crippen LogP contribution in [0.1, 0.15) is 45.4 Å². The minimum absolute atomic E-state index is 0.316. The minimum Gasteiger partial charge on any atom is -0.480 e. The summed E-state index contributed by atoms with van der Waals surface area (Å²) in [5.41, 5.74) is -1.40. The second kappa shape index (κ2) is 5.36. The fourth-order valence-electron chi connectivity index (χ4n) is 2.88. The molecular weight excluding hydrogens is 248 g/mol. The lowest BCUT2D eigenvalue weighted by molar-refractivity contribution is -0.144. The fraction of sp³-hybridized carbons (Fsp3) is 0.846. The second-order valence-corrected chi connectivity index (χ2v) is 5.80. The summed E-state index contributed by atoms with van der Waals surface area (Å²) in [7, 11) is 0. The second-order valence-electron chi connectivity index (χ2n) is 5.80. The highest BCUT2D eigenvalue weighted by Crippen LogP contribution is 2.30. The van der Waals surface area contributed by atoms with Crippen LogP contribution in [0.3, 0.4) is 0 Å². The van der Waals surface area contributed by atoms with Crippen LogP contribution in [-0.2, 0) is 9.53 Å². The Morgan fingerprint density at radius 3 is 2.42 bits per heavy atom. The maximum atomic E-state index is 11.9. The molecule has 6 nitrogen and oxygen atoms in total. The summed E-state index contributed by atoms with van der Waals surface area (Å²) < 4.78 is 5.57. The molecular formula is C13H22N2O4. The molecule has 1 unspecified atom stereocenters. The van der Waals surface area contributed by atoms with Gasteiger partial charge in [-0.05, 0) is 32.6 Å². The van der Waals surface area contributed by atoms with Crippen molar-refractivity contribution in [1.29, 1.82) is 0 Å². The standard InChI is InChI=1S/C13H22N2O4/c1-12(5-4-8-19-12)9-14-11(18)15-13(10(16)17)6-2-3-7-13/h2-9H2,1H3,(H,16,17)(H2,14,15,18). The molecule has 2 rings (SSSR count). The first kappa shape index (κ1) is 14.1. The Morgan fingerprint density at radius 2 is 1.89 bits per heavy atom. The fourth-order valence-corrected chi connectivity index (χ4v) is 2.88. The number of carboxylic acid groups (broad SMARTS) is 1. The number of hydrogen-bond acceptors (Lipinski definition) is 3. The molecule has 3 N–H and O–H groups in total. The van der Waals surface area contributed by atoms with Crippen LogP contribution in [0.15, 0.2) is 0 Å². The van der Waals surface area contributed by atoms with Gasteiger partial charge in [0.05, 0.1) is 5.60 Å². The molecule has 108 valence electrons. The summed E-state index contributed by atoms with van der Waals surface area (Å²) in [5.74, 6) is -0.941. The summed E-state index contributed by atoms with van der Waals surface area (Å²) in [5, 5.41) is 14.6. The van der Waals surface area contributed by atoms with E-state index in [1.165, 1.54) is 0 Å². The van der Waals surface area contributed by atoms with Gasteiger partial charge in [-0.1, -0.05) is 12.8 Å². The number of carbonyl (C=O) groups excluding carboxylic acids is 1. The Morgan fingerprint density at radius 1 is 1.21 bits per heavy atom. The molecule has 2 amide bonds. The number of carbonyl (C=O) groups is 2. The number of aliphatic carboxylic acids is 1. The zero-order chi connectivity index (χ0) is 13.9. The third-order valence-electron chi connectivity index (χ3n) is 4.14. The van der Waals surface area contributed by atoms with Crippen LogP contribution >= 0.6 is 0 Å². The Balaban J connectivity index is 1.85. The van der Waals surface area contributed by atoms with Gasteiger partial charge in [0.15, 0.2) is 0 Å². The first-order valence-electron chi connectivity index (χ1n) is 6.89. The summed E-state index contributed by atoms with van der Waals surface area (Å²) in [6.07, 6.45) is 4.60. The molecule has 19 heavy (non-hydrogen) atoms. The van der Waals surface area contributed by atoms with E-state index < -0.39 is 17.5 Å². The summed E-state index contributed by atoms with van der Waals surface area (Å²) in [6, 6.07) is -0.416. The topological polar surface area (TPSA) is 87.7 Å². The Labute approximate surface area is 112 Å². The molecule has 1 saturated carbocycles. The number of ether oxygens (including phenoxy) is 1. The highest BCUT2D eigenvalue weighted by atomic mass is 16.5. The Bertz CT molecular complexity index is 358. The van der Waals surface area contributed by atoms with Crippen molar-refractivity contribution in [3.05, 3.63) is 0 Å². The van der Waals surface area contributed by atoms with E-state index in [1.54, 1.807) is 0 Å². The molecule has 0 aromatic heterocycles. The number of nitrogens with one attached hydrogen (secondary N) is 2. The lowest BCUT2D eigenvalue weighted by Gasteiger charge is -2.28. The van der Waals surface area contributed by atoms with E-state index in [9.17, 15) is 14.7 Å². The van der Waals surface area contributed by atoms with Crippen LogP contribution in [0.25, 0.3) is 0 Å². The molecule has 2 fully saturated rings. The van der Waals surface area contributed by atoms with Crippen molar-refractivity contribution in [2.45, 2.75) is 56.6 Å². The van der Waals surface area contributed by atoms with E-state index >= 15 is 0 Å². The predicted molar refractivity (Wildman–Crippen MR) is 69.0 cm³/mol. The van der Waals surface area contributed by atoms with Crippen LogP contribution < -0.4 is 10.6 Å². The van der Waals surface area contributed by atoms with Gasteiger partial charge in [-0.25, -0.2) is 9.59 Å². The van der Waals surface area contributed by atoms with E-state index in [0.29, 0.717) is 19.4 Å². The maximum Gasteiger partial charge on any atom is 0.329 e. The number of hydrogen-bond donors (Lipinski definition) is 3. The zero-order valence-corrected chi connectivity index (χ0v) is 11.3. The van der Waals surface area contributed by atoms with Gasteiger partial charge in [-0.3, -0.25) is 0 Å². The average Bonchev–Trinajstić information content (AvgIpc) is 2.98. The average molecular weight is 270 g/mol. The lowest BCUT2D eigenvalue weighted by atomic mass is 9.98. The van der Waals surface area contributed by atoms with Crippen molar-refractivity contribution in [2.24, 2.45) is 0 Å². The predicted octanol–water partition coefficient (Wildman–Crippen LogP) is 1.25. The highest BCUT2D eigenvalue weighted by Gasteiger charge is 2.43. The first-order chi connectivity index (χ1) is 8.96. The molecule has 1 aliphatic carbocycles. The van der Waals surface area contributed by atoms with Gasteiger partial charge in [0.25, 0.3) is 0 Å². The van der Waals surface area contributed by atoms with Crippen molar-refractivity contribution >= 4 is 12.0 Å². The number of urea groups is 1. The van der Waals surface area contributed by atoms with Crippen molar-refractivity contribution in [2.75, 3.05) is 13.2 Å². The number of amides is 2. The maximum absolute atomic E-state index is 11.9. The van der Waals surface area contributed by atoms with Crippen molar-refractivity contribution in [1.82, 2.24) is 10.6 Å². The van der Waals surface area contributed by atoms with Crippen molar-refractivity contribution in [3.8, 4) is 0 Å². The Kier molecular flexibility index (Phi) is 3.99. The quantitative estimate of drug-likeness (QED) is 0.717. The lowest BCUT2D eigenvalue weighted by Crippen LogP contribution is -2.56. The molecule has 2 aliphatic rings. The van der Waals surface area contributed by atoms with E-state index in [-0.39, 0.29) is 5.60 Å². The van der Waals surface area contributed by atoms with Gasteiger partial charge in [0, 0.05) is 13.2 Å². The normalized spacial score (nSPS) is 29.1. The number of rotatable bonds is 4. The van der Waals surface area contributed by atoms with E-state index in [0.717, 1.165) is 32.3 Å². The molecule has 1 heterocycles. The van der Waals surface area contributed by atoms with Gasteiger partial charge in [0.2, 0.25) is 0 Å². The molecule has 0 radical (unpaired) electrons. The van der Waals surface area contributed by atoms with Crippen LogP contribution in [0.2, 0.25) is 0 Å². The third-order valence-corrected chi connectivity index (χ3v) is 4.14. The summed E-state index contributed by atoms with van der Waals surface area (Å²) >= 11 is 0. The smallest absolute Gasteiger partial charge is 0.329 e. The van der Waals surface area contributed by atoms with Crippen molar-refractivity contribution in [3.63, 3.8) is 0 Å².